The number of methoxy groups -OCH3 is 1. The molecule has 156 valence electrons. The Morgan fingerprint density at radius 2 is 2.07 bits per heavy atom. The molecule has 27 heavy (non-hydrogen) atoms. The average molecular weight is 381 g/mol. The number of rotatable bonds is 13. The molecule has 4 nitrogen and oxygen atoms in total. The summed E-state index contributed by atoms with van der Waals surface area (Å²) >= 11 is 0. The number of hydrogen-bond donors (Lipinski definition) is 1. The number of unbranched alkanes of at least 4 members (excludes halogenated alkanes) is 2. The van der Waals surface area contributed by atoms with Crippen molar-refractivity contribution in [3.05, 3.63) is 12.2 Å². The van der Waals surface area contributed by atoms with E-state index in [4.69, 9.17) is 0 Å². The van der Waals surface area contributed by atoms with E-state index in [0.717, 1.165) is 57.8 Å². The van der Waals surface area contributed by atoms with Crippen LogP contribution in [0.15, 0.2) is 12.2 Å². The van der Waals surface area contributed by atoms with E-state index in [9.17, 15) is 14.7 Å². The van der Waals surface area contributed by atoms with Crippen molar-refractivity contribution in [2.75, 3.05) is 7.11 Å². The first kappa shape index (κ1) is 23.9. The Kier molecular flexibility index (Phi) is 10.9. The van der Waals surface area contributed by atoms with Gasteiger partial charge in [-0.1, -0.05) is 45.8 Å². The highest BCUT2D eigenvalue weighted by Crippen LogP contribution is 2.37. The first-order valence-electron chi connectivity index (χ1n) is 10.7. The minimum Gasteiger partial charge on any atom is -0.469 e. The van der Waals surface area contributed by atoms with Gasteiger partial charge in [-0.3, -0.25) is 9.59 Å². The maximum absolute atomic E-state index is 12.3. The molecule has 0 heterocycles. The molecule has 0 bridgehead atoms. The van der Waals surface area contributed by atoms with Crippen molar-refractivity contribution in [1.29, 1.82) is 0 Å². The zero-order valence-corrected chi connectivity index (χ0v) is 17.8. The summed E-state index contributed by atoms with van der Waals surface area (Å²) in [7, 11) is 1.41. The molecule has 1 fully saturated rings. The molecule has 4 heteroatoms. The summed E-state index contributed by atoms with van der Waals surface area (Å²) in [5, 5.41) is 10.6. The average Bonchev–Trinajstić information content (AvgIpc) is 3.00. The lowest BCUT2D eigenvalue weighted by Crippen LogP contribution is -2.30. The molecule has 0 spiro atoms. The molecule has 0 aromatic carbocycles. The fourth-order valence-corrected chi connectivity index (χ4v) is 4.04. The van der Waals surface area contributed by atoms with Gasteiger partial charge in [0.1, 0.15) is 5.78 Å². The van der Waals surface area contributed by atoms with Gasteiger partial charge in [0.05, 0.1) is 13.2 Å². The molecule has 0 aromatic heterocycles. The predicted molar refractivity (Wildman–Crippen MR) is 109 cm³/mol. The molecule has 1 rings (SSSR count). The van der Waals surface area contributed by atoms with Crippen molar-refractivity contribution < 1.29 is 19.4 Å². The van der Waals surface area contributed by atoms with Crippen LogP contribution in [0.3, 0.4) is 0 Å². The second-order valence-corrected chi connectivity index (χ2v) is 8.73. The van der Waals surface area contributed by atoms with Gasteiger partial charge in [0, 0.05) is 18.8 Å². The summed E-state index contributed by atoms with van der Waals surface area (Å²) in [5.74, 6) is 0.704. The molecule has 1 saturated carbocycles. The van der Waals surface area contributed by atoms with Crippen LogP contribution in [0.1, 0.15) is 91.4 Å². The second-order valence-electron chi connectivity index (χ2n) is 8.73. The van der Waals surface area contributed by atoms with Crippen molar-refractivity contribution in [2.45, 2.75) is 97.5 Å². The normalized spacial score (nSPS) is 21.7. The lowest BCUT2D eigenvalue weighted by molar-refractivity contribution is -0.140. The zero-order valence-electron chi connectivity index (χ0n) is 17.8. The molecule has 1 N–H and O–H groups in total. The number of Topliss-reactive ketones (excluding diaryl/α,β-unsaturated/α-hetero) is 1. The summed E-state index contributed by atoms with van der Waals surface area (Å²) in [6, 6.07) is 0. The monoisotopic (exact) mass is 380 g/mol. The third kappa shape index (κ3) is 8.59. The number of hydrogen-bond acceptors (Lipinski definition) is 4. The van der Waals surface area contributed by atoms with E-state index in [0.29, 0.717) is 24.5 Å². The molecule has 1 unspecified atom stereocenters. The van der Waals surface area contributed by atoms with Crippen molar-refractivity contribution >= 4 is 11.8 Å². The molecule has 0 aromatic rings. The summed E-state index contributed by atoms with van der Waals surface area (Å²) in [5.41, 5.74) is -0.0480. The Bertz CT molecular complexity index is 481. The van der Waals surface area contributed by atoms with Crippen LogP contribution in [0, 0.1) is 17.3 Å². The zero-order chi connectivity index (χ0) is 20.3. The van der Waals surface area contributed by atoms with E-state index in [2.05, 4.69) is 37.7 Å². The summed E-state index contributed by atoms with van der Waals surface area (Å²) in [6.07, 6.45) is 13.4. The Morgan fingerprint density at radius 3 is 2.74 bits per heavy atom. The Hall–Kier alpha value is -1.16. The maximum Gasteiger partial charge on any atom is 0.305 e. The van der Waals surface area contributed by atoms with Crippen LogP contribution in [0.2, 0.25) is 0 Å². The molecular weight excluding hydrogens is 340 g/mol. The molecular formula is C23H40O4. The first-order valence-corrected chi connectivity index (χ1v) is 10.7. The van der Waals surface area contributed by atoms with Crippen LogP contribution < -0.4 is 0 Å². The fraction of sp³-hybridized carbons (Fsp3) is 0.826. The molecule has 3 atom stereocenters. The van der Waals surface area contributed by atoms with E-state index < -0.39 is 0 Å². The smallest absolute Gasteiger partial charge is 0.305 e. The van der Waals surface area contributed by atoms with Gasteiger partial charge in [-0.15, -0.1) is 0 Å². The Morgan fingerprint density at radius 1 is 1.33 bits per heavy atom. The van der Waals surface area contributed by atoms with E-state index >= 15 is 0 Å². The first-order chi connectivity index (χ1) is 12.8. The molecule has 1 aliphatic rings. The van der Waals surface area contributed by atoms with E-state index in [1.807, 2.05) is 0 Å². The van der Waals surface area contributed by atoms with E-state index in [1.165, 1.54) is 7.11 Å². The lowest BCUT2D eigenvalue weighted by atomic mass is 9.77. The van der Waals surface area contributed by atoms with Gasteiger partial charge in [0.2, 0.25) is 0 Å². The minimum atomic E-state index is -0.297. The Labute approximate surface area is 165 Å². The predicted octanol–water partition coefficient (Wildman–Crippen LogP) is 5.23. The quantitative estimate of drug-likeness (QED) is 0.270. The van der Waals surface area contributed by atoms with Gasteiger partial charge >= 0.3 is 5.97 Å². The number of esters is 1. The highest BCUT2D eigenvalue weighted by atomic mass is 16.5. The number of aliphatic hydroxyl groups excluding tert-OH is 1. The van der Waals surface area contributed by atoms with E-state index in [-0.39, 0.29) is 23.4 Å². The standard InChI is InChI=1S/C23H40O4/c1-5-6-17-23(2,3)21(25)16-14-18-13-15-20(24)19(18)11-9-7-8-10-12-22(26)27-4/h7,9,18-19,21,25H,5-6,8,10-17H2,1-4H3/t18-,19-,21?/m1/s1. The highest BCUT2D eigenvalue weighted by Gasteiger charge is 2.35. The van der Waals surface area contributed by atoms with Crippen LogP contribution in [0.5, 0.6) is 0 Å². The summed E-state index contributed by atoms with van der Waals surface area (Å²) < 4.78 is 4.63. The van der Waals surface area contributed by atoms with Gasteiger partial charge in [-0.25, -0.2) is 0 Å². The molecule has 0 saturated heterocycles. The number of carbonyl (C=O) groups is 2. The number of aliphatic hydroxyl groups is 1. The van der Waals surface area contributed by atoms with Crippen LogP contribution in [0.25, 0.3) is 0 Å². The van der Waals surface area contributed by atoms with Crippen molar-refractivity contribution in [3.63, 3.8) is 0 Å². The third-order valence-corrected chi connectivity index (χ3v) is 6.17. The van der Waals surface area contributed by atoms with Crippen LogP contribution in [-0.2, 0) is 14.3 Å². The number of ether oxygens (including phenoxy) is 1. The van der Waals surface area contributed by atoms with Gasteiger partial charge in [-0.2, -0.15) is 0 Å². The summed E-state index contributed by atoms with van der Waals surface area (Å²) in [4.78, 5) is 23.3. The van der Waals surface area contributed by atoms with E-state index in [1.54, 1.807) is 0 Å². The van der Waals surface area contributed by atoms with Crippen molar-refractivity contribution in [1.82, 2.24) is 0 Å². The van der Waals surface area contributed by atoms with Crippen LogP contribution in [0.4, 0.5) is 0 Å². The molecule has 0 amide bonds. The minimum absolute atomic E-state index is 0.0480. The topological polar surface area (TPSA) is 63.6 Å². The molecule has 0 radical (unpaired) electrons. The van der Waals surface area contributed by atoms with Crippen molar-refractivity contribution in [3.8, 4) is 0 Å². The highest BCUT2D eigenvalue weighted by molar-refractivity contribution is 5.83. The van der Waals surface area contributed by atoms with Gasteiger partial charge in [-0.05, 0) is 56.3 Å². The van der Waals surface area contributed by atoms with Crippen LogP contribution in [-0.4, -0.2) is 30.1 Å². The van der Waals surface area contributed by atoms with Gasteiger partial charge in [0.25, 0.3) is 0 Å². The largest absolute Gasteiger partial charge is 0.469 e. The van der Waals surface area contributed by atoms with Gasteiger partial charge < -0.3 is 9.84 Å². The molecule has 1 aliphatic carbocycles. The van der Waals surface area contributed by atoms with Crippen LogP contribution >= 0.6 is 0 Å². The third-order valence-electron chi connectivity index (χ3n) is 6.17. The number of ketones is 1. The van der Waals surface area contributed by atoms with Gasteiger partial charge in [0.15, 0.2) is 0 Å². The number of carbonyl (C=O) groups excluding carboxylic acids is 2. The number of allylic oxidation sites excluding steroid dienone is 2. The maximum atomic E-state index is 12.3. The SMILES string of the molecule is CCCCC(C)(C)C(O)CC[C@H]1CCC(=O)[C@@H]1CC=CCCCC(=O)OC. The second kappa shape index (κ2) is 12.3. The summed E-state index contributed by atoms with van der Waals surface area (Å²) in [6.45, 7) is 6.49. The lowest BCUT2D eigenvalue weighted by Gasteiger charge is -2.31. The molecule has 0 aliphatic heterocycles. The van der Waals surface area contributed by atoms with Crippen molar-refractivity contribution in [2.24, 2.45) is 17.3 Å². The fourth-order valence-electron chi connectivity index (χ4n) is 4.04. The Balaban J connectivity index is 2.40.